The second kappa shape index (κ2) is 3.93. The Morgan fingerprint density at radius 1 is 1.31 bits per heavy atom. The Balaban J connectivity index is 2.02. The monoisotopic (exact) mass is 175 g/mol. The van der Waals surface area contributed by atoms with Gasteiger partial charge < -0.3 is 0 Å². The molecule has 1 aliphatic heterocycles. The zero-order chi connectivity index (χ0) is 9.10. The van der Waals surface area contributed by atoms with E-state index in [-0.39, 0.29) is 0 Å². The van der Waals surface area contributed by atoms with Crippen molar-refractivity contribution in [2.24, 2.45) is 0 Å². The zero-order valence-electron chi connectivity index (χ0n) is 8.24. The number of nitrogens with zero attached hydrogens (tertiary/aromatic N) is 1. The Kier molecular flexibility index (Phi) is 2.65. The molecule has 0 N–H and O–H groups in total. The topological polar surface area (TPSA) is 3.24 Å². The van der Waals surface area contributed by atoms with Crippen LogP contribution in [-0.4, -0.2) is 18.0 Å². The SMILES string of the molecule is CCCN1CCC1c1ccccc1. The highest BCUT2D eigenvalue weighted by Gasteiger charge is 2.27. The highest BCUT2D eigenvalue weighted by molar-refractivity contribution is 5.20. The molecule has 1 heterocycles. The largest absolute Gasteiger partial charge is 0.296 e. The highest BCUT2D eigenvalue weighted by atomic mass is 15.2. The molecule has 0 spiro atoms. The van der Waals surface area contributed by atoms with E-state index < -0.39 is 0 Å². The van der Waals surface area contributed by atoms with Crippen LogP contribution < -0.4 is 0 Å². The minimum absolute atomic E-state index is 0.709. The van der Waals surface area contributed by atoms with Crippen LogP contribution in [0, 0.1) is 0 Å². The van der Waals surface area contributed by atoms with Gasteiger partial charge in [0, 0.05) is 12.6 Å². The first-order chi connectivity index (χ1) is 6.42. The third kappa shape index (κ3) is 1.75. The molecule has 0 saturated carbocycles. The summed E-state index contributed by atoms with van der Waals surface area (Å²) < 4.78 is 0. The number of rotatable bonds is 3. The molecule has 0 aliphatic carbocycles. The maximum Gasteiger partial charge on any atom is 0.0360 e. The second-order valence-electron chi connectivity index (χ2n) is 3.75. The van der Waals surface area contributed by atoms with Crippen molar-refractivity contribution in [3.63, 3.8) is 0 Å². The molecule has 1 heteroatoms. The van der Waals surface area contributed by atoms with Gasteiger partial charge in [0.05, 0.1) is 0 Å². The van der Waals surface area contributed by atoms with Crippen LogP contribution in [-0.2, 0) is 0 Å². The number of hydrogen-bond acceptors (Lipinski definition) is 1. The van der Waals surface area contributed by atoms with E-state index in [4.69, 9.17) is 0 Å². The average Bonchev–Trinajstić information content (AvgIpc) is 2.14. The van der Waals surface area contributed by atoms with Crippen molar-refractivity contribution in [2.45, 2.75) is 25.8 Å². The second-order valence-corrected chi connectivity index (χ2v) is 3.75. The molecule has 0 aromatic heterocycles. The Labute approximate surface area is 80.4 Å². The number of benzene rings is 1. The molecule has 1 aromatic carbocycles. The van der Waals surface area contributed by atoms with Gasteiger partial charge in [-0.3, -0.25) is 4.90 Å². The summed E-state index contributed by atoms with van der Waals surface area (Å²) in [4.78, 5) is 2.56. The highest BCUT2D eigenvalue weighted by Crippen LogP contribution is 2.32. The molecule has 0 bridgehead atoms. The van der Waals surface area contributed by atoms with E-state index in [0.717, 1.165) is 0 Å². The van der Waals surface area contributed by atoms with Gasteiger partial charge in [-0.15, -0.1) is 0 Å². The first-order valence-corrected chi connectivity index (χ1v) is 5.21. The van der Waals surface area contributed by atoms with Crippen LogP contribution in [0.5, 0.6) is 0 Å². The van der Waals surface area contributed by atoms with E-state index in [9.17, 15) is 0 Å². The van der Waals surface area contributed by atoms with Crippen LogP contribution >= 0.6 is 0 Å². The molecule has 0 radical (unpaired) electrons. The Bertz CT molecular complexity index is 255. The van der Waals surface area contributed by atoms with Crippen molar-refractivity contribution in [3.8, 4) is 0 Å². The Hall–Kier alpha value is -0.820. The molecule has 1 aliphatic rings. The minimum Gasteiger partial charge on any atom is -0.296 e. The molecule has 1 saturated heterocycles. The van der Waals surface area contributed by atoms with E-state index in [2.05, 4.69) is 42.2 Å². The fourth-order valence-corrected chi connectivity index (χ4v) is 2.05. The van der Waals surface area contributed by atoms with Gasteiger partial charge in [-0.25, -0.2) is 0 Å². The number of likely N-dealkylation sites (tertiary alicyclic amines) is 1. The summed E-state index contributed by atoms with van der Waals surface area (Å²) in [6, 6.07) is 11.6. The molecule has 0 amide bonds. The minimum atomic E-state index is 0.709. The van der Waals surface area contributed by atoms with E-state index in [0.29, 0.717) is 6.04 Å². The summed E-state index contributed by atoms with van der Waals surface area (Å²) in [6.07, 6.45) is 2.60. The van der Waals surface area contributed by atoms with Gasteiger partial charge in [0.2, 0.25) is 0 Å². The average molecular weight is 175 g/mol. The Morgan fingerprint density at radius 3 is 2.62 bits per heavy atom. The van der Waals surface area contributed by atoms with Crippen LogP contribution in [0.2, 0.25) is 0 Å². The van der Waals surface area contributed by atoms with E-state index in [1.807, 2.05) is 0 Å². The standard InChI is InChI=1S/C12H17N/c1-2-9-13-10-8-12(13)11-6-4-3-5-7-11/h3-7,12H,2,8-10H2,1H3. The third-order valence-corrected chi connectivity index (χ3v) is 2.83. The molecular formula is C12H17N. The van der Waals surface area contributed by atoms with Crippen molar-refractivity contribution in [1.29, 1.82) is 0 Å². The molecule has 70 valence electrons. The molecule has 2 rings (SSSR count). The first-order valence-electron chi connectivity index (χ1n) is 5.21. The van der Waals surface area contributed by atoms with Crippen LogP contribution in [0.3, 0.4) is 0 Å². The summed E-state index contributed by atoms with van der Waals surface area (Å²) in [5, 5.41) is 0. The molecular weight excluding hydrogens is 158 g/mol. The summed E-state index contributed by atoms with van der Waals surface area (Å²) in [6.45, 7) is 4.79. The predicted octanol–water partition coefficient (Wildman–Crippen LogP) is 2.84. The van der Waals surface area contributed by atoms with Crippen LogP contribution in [0.15, 0.2) is 30.3 Å². The first kappa shape index (κ1) is 8.76. The van der Waals surface area contributed by atoms with Crippen molar-refractivity contribution < 1.29 is 0 Å². The molecule has 1 nitrogen and oxygen atoms in total. The van der Waals surface area contributed by atoms with E-state index in [1.165, 1.54) is 31.5 Å². The third-order valence-electron chi connectivity index (χ3n) is 2.83. The normalized spacial score (nSPS) is 22.7. The van der Waals surface area contributed by atoms with Gasteiger partial charge in [-0.1, -0.05) is 37.3 Å². The lowest BCUT2D eigenvalue weighted by Crippen LogP contribution is -2.41. The van der Waals surface area contributed by atoms with Crippen LogP contribution in [0.25, 0.3) is 0 Å². The molecule has 1 fully saturated rings. The van der Waals surface area contributed by atoms with Crippen molar-refractivity contribution in [3.05, 3.63) is 35.9 Å². The fraction of sp³-hybridized carbons (Fsp3) is 0.500. The Morgan fingerprint density at radius 2 is 2.08 bits per heavy atom. The predicted molar refractivity (Wildman–Crippen MR) is 55.7 cm³/mol. The van der Waals surface area contributed by atoms with Gasteiger partial charge >= 0.3 is 0 Å². The lowest BCUT2D eigenvalue weighted by molar-refractivity contribution is 0.0911. The lowest BCUT2D eigenvalue weighted by atomic mass is 9.95. The van der Waals surface area contributed by atoms with Gasteiger partial charge in [0.1, 0.15) is 0 Å². The quantitative estimate of drug-likeness (QED) is 0.682. The van der Waals surface area contributed by atoms with E-state index >= 15 is 0 Å². The maximum absolute atomic E-state index is 2.56. The molecule has 1 atom stereocenters. The van der Waals surface area contributed by atoms with Gasteiger partial charge in [0.15, 0.2) is 0 Å². The zero-order valence-corrected chi connectivity index (χ0v) is 8.24. The summed E-state index contributed by atoms with van der Waals surface area (Å²) in [5.74, 6) is 0. The van der Waals surface area contributed by atoms with Gasteiger partial charge in [0.25, 0.3) is 0 Å². The van der Waals surface area contributed by atoms with Crippen molar-refractivity contribution in [2.75, 3.05) is 13.1 Å². The van der Waals surface area contributed by atoms with Gasteiger partial charge in [-0.05, 0) is 24.9 Å². The smallest absolute Gasteiger partial charge is 0.0360 e. The molecule has 1 unspecified atom stereocenters. The number of hydrogen-bond donors (Lipinski definition) is 0. The van der Waals surface area contributed by atoms with Crippen molar-refractivity contribution in [1.82, 2.24) is 4.90 Å². The summed E-state index contributed by atoms with van der Waals surface area (Å²) >= 11 is 0. The van der Waals surface area contributed by atoms with Crippen molar-refractivity contribution >= 4 is 0 Å². The fourth-order valence-electron chi connectivity index (χ4n) is 2.05. The maximum atomic E-state index is 2.56. The summed E-state index contributed by atoms with van der Waals surface area (Å²) in [5.41, 5.74) is 1.49. The van der Waals surface area contributed by atoms with Gasteiger partial charge in [-0.2, -0.15) is 0 Å². The lowest BCUT2D eigenvalue weighted by Gasteiger charge is -2.41. The summed E-state index contributed by atoms with van der Waals surface area (Å²) in [7, 11) is 0. The van der Waals surface area contributed by atoms with E-state index in [1.54, 1.807) is 0 Å². The van der Waals surface area contributed by atoms with Crippen LogP contribution in [0.4, 0.5) is 0 Å². The molecule has 13 heavy (non-hydrogen) atoms. The molecule has 1 aromatic rings. The van der Waals surface area contributed by atoms with Crippen LogP contribution in [0.1, 0.15) is 31.4 Å².